The lowest BCUT2D eigenvalue weighted by molar-refractivity contribution is 0.963. The number of aryl methyl sites for hydroxylation is 1. The molecule has 0 bridgehead atoms. The van der Waals surface area contributed by atoms with Crippen LogP contribution in [-0.2, 0) is 6.42 Å². The molecule has 0 saturated carbocycles. The Labute approximate surface area is 103 Å². The van der Waals surface area contributed by atoms with Crippen LogP contribution in [-0.4, -0.2) is 4.98 Å². The van der Waals surface area contributed by atoms with Gasteiger partial charge in [0.15, 0.2) is 0 Å². The summed E-state index contributed by atoms with van der Waals surface area (Å²) in [7, 11) is 0. The lowest BCUT2D eigenvalue weighted by atomic mass is 10.1. The van der Waals surface area contributed by atoms with Crippen LogP contribution >= 0.6 is 23.2 Å². The molecule has 0 saturated heterocycles. The maximum atomic E-state index is 8.51. The fourth-order valence-electron chi connectivity index (χ4n) is 1.51. The van der Waals surface area contributed by atoms with Crippen molar-refractivity contribution in [1.29, 1.82) is 5.26 Å². The summed E-state index contributed by atoms with van der Waals surface area (Å²) in [6, 6.07) is 9.34. The molecule has 2 aromatic rings. The molecule has 0 aliphatic rings. The molecule has 0 N–H and O–H groups in total. The highest BCUT2D eigenvalue weighted by Crippen LogP contribution is 2.28. The molecular weight excluding hydrogens is 243 g/mol. The van der Waals surface area contributed by atoms with Gasteiger partial charge in [0, 0.05) is 23.9 Å². The monoisotopic (exact) mass is 250 g/mol. The van der Waals surface area contributed by atoms with Gasteiger partial charge in [-0.25, -0.2) is 0 Å². The Bertz CT molecular complexity index is 573. The van der Waals surface area contributed by atoms with Gasteiger partial charge in [0.1, 0.15) is 0 Å². The van der Waals surface area contributed by atoms with Gasteiger partial charge in [-0.3, -0.25) is 4.98 Å². The average molecular weight is 251 g/mol. The number of halogens is 2. The Kier molecular flexibility index (Phi) is 3.28. The van der Waals surface area contributed by atoms with Gasteiger partial charge in [0.2, 0.25) is 0 Å². The van der Waals surface area contributed by atoms with E-state index < -0.39 is 0 Å². The Morgan fingerprint density at radius 1 is 1.12 bits per heavy atom. The van der Waals surface area contributed by atoms with Crippen LogP contribution in [0.1, 0.15) is 12.1 Å². The zero-order chi connectivity index (χ0) is 11.5. The van der Waals surface area contributed by atoms with Crippen molar-refractivity contribution in [3.05, 3.63) is 40.0 Å². The van der Waals surface area contributed by atoms with Gasteiger partial charge >= 0.3 is 0 Å². The van der Waals surface area contributed by atoms with Crippen molar-refractivity contribution >= 4 is 34.1 Å². The third-order valence-corrected chi connectivity index (χ3v) is 2.94. The van der Waals surface area contributed by atoms with Crippen molar-refractivity contribution in [2.45, 2.75) is 12.8 Å². The molecule has 0 spiro atoms. The first kappa shape index (κ1) is 11.2. The summed E-state index contributed by atoms with van der Waals surface area (Å²) in [5, 5.41) is 10.6. The van der Waals surface area contributed by atoms with Crippen LogP contribution in [0.25, 0.3) is 10.9 Å². The molecule has 1 aromatic heterocycles. The summed E-state index contributed by atoms with van der Waals surface area (Å²) in [6.45, 7) is 0. The Morgan fingerprint density at radius 3 is 2.62 bits per heavy atom. The molecule has 80 valence electrons. The number of aromatic nitrogens is 1. The number of benzene rings is 1. The summed E-state index contributed by atoms with van der Waals surface area (Å²) < 4.78 is 0. The Morgan fingerprint density at radius 2 is 1.88 bits per heavy atom. The minimum absolute atomic E-state index is 0.455. The number of pyridine rings is 1. The van der Waals surface area contributed by atoms with Crippen LogP contribution in [0.15, 0.2) is 24.3 Å². The van der Waals surface area contributed by atoms with Crippen molar-refractivity contribution in [3.8, 4) is 6.07 Å². The SMILES string of the molecule is N#CCCc1ccc2c(Cl)ccc(Cl)c2n1. The number of fused-ring (bicyclic) bond motifs is 1. The molecule has 2 rings (SSSR count). The third kappa shape index (κ3) is 2.11. The van der Waals surface area contributed by atoms with E-state index in [0.717, 1.165) is 11.1 Å². The molecule has 0 radical (unpaired) electrons. The molecule has 2 nitrogen and oxygen atoms in total. The summed E-state index contributed by atoms with van der Waals surface area (Å²) in [5.41, 5.74) is 1.56. The zero-order valence-corrected chi connectivity index (χ0v) is 9.89. The molecule has 16 heavy (non-hydrogen) atoms. The Balaban J connectivity index is 2.53. The lowest BCUT2D eigenvalue weighted by Crippen LogP contribution is -1.91. The van der Waals surface area contributed by atoms with E-state index in [1.54, 1.807) is 12.1 Å². The highest BCUT2D eigenvalue weighted by atomic mass is 35.5. The molecule has 0 aliphatic carbocycles. The van der Waals surface area contributed by atoms with E-state index in [9.17, 15) is 0 Å². The predicted molar refractivity (Wildman–Crippen MR) is 65.7 cm³/mol. The first-order valence-corrected chi connectivity index (χ1v) is 5.58. The highest BCUT2D eigenvalue weighted by Gasteiger charge is 2.05. The van der Waals surface area contributed by atoms with Gasteiger partial charge in [-0.15, -0.1) is 0 Å². The minimum Gasteiger partial charge on any atom is -0.251 e. The van der Waals surface area contributed by atoms with Gasteiger partial charge in [-0.05, 0) is 24.3 Å². The summed E-state index contributed by atoms with van der Waals surface area (Å²) in [5.74, 6) is 0. The number of hydrogen-bond donors (Lipinski definition) is 0. The third-order valence-electron chi connectivity index (χ3n) is 2.31. The van der Waals surface area contributed by atoms with Crippen molar-refractivity contribution in [2.24, 2.45) is 0 Å². The van der Waals surface area contributed by atoms with Gasteiger partial charge in [0.25, 0.3) is 0 Å². The van der Waals surface area contributed by atoms with Crippen LogP contribution < -0.4 is 0 Å². The smallest absolute Gasteiger partial charge is 0.0906 e. The average Bonchev–Trinajstić information content (AvgIpc) is 2.31. The van der Waals surface area contributed by atoms with E-state index in [-0.39, 0.29) is 0 Å². The number of nitriles is 1. The molecule has 1 aromatic carbocycles. The predicted octanol–water partition coefficient (Wildman–Crippen LogP) is 4.00. The lowest BCUT2D eigenvalue weighted by Gasteiger charge is -2.04. The largest absolute Gasteiger partial charge is 0.251 e. The van der Waals surface area contributed by atoms with E-state index >= 15 is 0 Å². The van der Waals surface area contributed by atoms with Gasteiger partial charge in [-0.2, -0.15) is 5.26 Å². The van der Waals surface area contributed by atoms with Crippen LogP contribution in [0.3, 0.4) is 0 Å². The molecule has 4 heteroatoms. The fraction of sp³-hybridized carbons (Fsp3) is 0.167. The van der Waals surface area contributed by atoms with E-state index in [1.165, 1.54) is 0 Å². The first-order chi connectivity index (χ1) is 7.72. The topological polar surface area (TPSA) is 36.7 Å². The van der Waals surface area contributed by atoms with Crippen LogP contribution in [0.2, 0.25) is 10.0 Å². The second-order valence-electron chi connectivity index (χ2n) is 3.39. The summed E-state index contributed by atoms with van der Waals surface area (Å²) >= 11 is 12.1. The van der Waals surface area contributed by atoms with E-state index in [4.69, 9.17) is 28.5 Å². The second kappa shape index (κ2) is 4.69. The molecule has 0 atom stereocenters. The zero-order valence-electron chi connectivity index (χ0n) is 8.37. The van der Waals surface area contributed by atoms with E-state index in [1.807, 2.05) is 12.1 Å². The van der Waals surface area contributed by atoms with E-state index in [0.29, 0.717) is 28.4 Å². The van der Waals surface area contributed by atoms with Gasteiger partial charge < -0.3 is 0 Å². The fourth-order valence-corrected chi connectivity index (χ4v) is 1.94. The number of rotatable bonds is 2. The van der Waals surface area contributed by atoms with Crippen molar-refractivity contribution in [3.63, 3.8) is 0 Å². The summed E-state index contributed by atoms with van der Waals surface area (Å²) in [6.07, 6.45) is 1.09. The Hall–Kier alpha value is -1.30. The number of nitrogens with zero attached hydrogens (tertiary/aromatic N) is 2. The number of hydrogen-bond acceptors (Lipinski definition) is 2. The van der Waals surface area contributed by atoms with Crippen LogP contribution in [0.4, 0.5) is 0 Å². The second-order valence-corrected chi connectivity index (χ2v) is 4.20. The molecule has 0 aliphatic heterocycles. The maximum Gasteiger partial charge on any atom is 0.0906 e. The summed E-state index contributed by atoms with van der Waals surface area (Å²) in [4.78, 5) is 4.41. The quantitative estimate of drug-likeness (QED) is 0.808. The minimum atomic E-state index is 0.455. The van der Waals surface area contributed by atoms with Crippen molar-refractivity contribution < 1.29 is 0 Å². The van der Waals surface area contributed by atoms with Crippen molar-refractivity contribution in [1.82, 2.24) is 4.98 Å². The van der Waals surface area contributed by atoms with E-state index in [2.05, 4.69) is 11.1 Å². The molecule has 1 heterocycles. The molecule has 0 unspecified atom stereocenters. The molecule has 0 fully saturated rings. The van der Waals surface area contributed by atoms with Crippen LogP contribution in [0.5, 0.6) is 0 Å². The van der Waals surface area contributed by atoms with Gasteiger partial charge in [0.05, 0.1) is 21.6 Å². The molecular formula is C12H8Cl2N2. The van der Waals surface area contributed by atoms with Crippen LogP contribution in [0, 0.1) is 11.3 Å². The standard InChI is InChI=1S/C12H8Cl2N2/c13-10-5-6-11(14)12-9(10)4-3-8(16-12)2-1-7-15/h3-6H,1-2H2. The van der Waals surface area contributed by atoms with Crippen molar-refractivity contribution in [2.75, 3.05) is 0 Å². The molecule has 0 amide bonds. The normalized spacial score (nSPS) is 10.3. The van der Waals surface area contributed by atoms with Gasteiger partial charge in [-0.1, -0.05) is 23.2 Å². The first-order valence-electron chi connectivity index (χ1n) is 4.83. The highest BCUT2D eigenvalue weighted by molar-refractivity contribution is 6.39. The maximum absolute atomic E-state index is 8.51.